The van der Waals surface area contributed by atoms with E-state index >= 15 is 0 Å². The second-order valence-corrected chi connectivity index (χ2v) is 3.48. The van der Waals surface area contributed by atoms with E-state index in [4.69, 9.17) is 5.11 Å². The first kappa shape index (κ1) is 13.4. The lowest BCUT2D eigenvalue weighted by Gasteiger charge is -2.15. The lowest BCUT2D eigenvalue weighted by Crippen LogP contribution is -2.23. The lowest BCUT2D eigenvalue weighted by molar-refractivity contribution is 0.222. The largest absolute Gasteiger partial charge is 0.395 e. The zero-order valence-corrected chi connectivity index (χ0v) is 9.66. The number of aliphatic hydroxyl groups is 1. The van der Waals surface area contributed by atoms with Crippen molar-refractivity contribution in [3.05, 3.63) is 23.8 Å². The quantitative estimate of drug-likeness (QED) is 0.633. The number of hydrogen-bond donors (Lipinski definition) is 1. The fourth-order valence-corrected chi connectivity index (χ4v) is 1.23. The van der Waals surface area contributed by atoms with Gasteiger partial charge in [-0.3, -0.25) is 0 Å². The summed E-state index contributed by atoms with van der Waals surface area (Å²) in [6, 6.07) is 0. The normalized spacial score (nSPS) is 13.1. The van der Waals surface area contributed by atoms with Crippen molar-refractivity contribution in [1.82, 2.24) is 4.90 Å². The van der Waals surface area contributed by atoms with Gasteiger partial charge < -0.3 is 10.0 Å². The monoisotopic (exact) mass is 197 g/mol. The molecule has 0 aromatic heterocycles. The highest BCUT2D eigenvalue weighted by Gasteiger charge is 1.98. The second kappa shape index (κ2) is 8.97. The van der Waals surface area contributed by atoms with E-state index in [1.165, 1.54) is 5.57 Å². The zero-order chi connectivity index (χ0) is 10.8. The van der Waals surface area contributed by atoms with Crippen molar-refractivity contribution < 1.29 is 5.11 Å². The third-order valence-corrected chi connectivity index (χ3v) is 2.27. The van der Waals surface area contributed by atoms with Crippen molar-refractivity contribution in [2.24, 2.45) is 0 Å². The molecule has 0 bridgehead atoms. The highest BCUT2D eigenvalue weighted by molar-refractivity contribution is 5.11. The van der Waals surface area contributed by atoms with Gasteiger partial charge >= 0.3 is 0 Å². The third-order valence-electron chi connectivity index (χ3n) is 2.27. The molecule has 2 heteroatoms. The molecular weight excluding hydrogens is 174 g/mol. The number of aliphatic hydroxyl groups excluding tert-OH is 1. The summed E-state index contributed by atoms with van der Waals surface area (Å²) >= 11 is 0. The minimum Gasteiger partial charge on any atom is -0.395 e. The molecule has 0 spiro atoms. The smallest absolute Gasteiger partial charge is 0.0558 e. The molecule has 0 aromatic rings. The van der Waals surface area contributed by atoms with E-state index in [2.05, 4.69) is 24.0 Å². The summed E-state index contributed by atoms with van der Waals surface area (Å²) in [6.07, 6.45) is 8.53. The Morgan fingerprint density at radius 3 is 2.57 bits per heavy atom. The van der Waals surface area contributed by atoms with Gasteiger partial charge in [0.2, 0.25) is 0 Å². The summed E-state index contributed by atoms with van der Waals surface area (Å²) in [6.45, 7) is 6.25. The van der Waals surface area contributed by atoms with Crippen LogP contribution in [-0.4, -0.2) is 36.8 Å². The average Bonchev–Trinajstić information content (AvgIpc) is 2.19. The zero-order valence-electron chi connectivity index (χ0n) is 9.66. The highest BCUT2D eigenvalue weighted by Crippen LogP contribution is 2.07. The molecule has 2 nitrogen and oxygen atoms in total. The van der Waals surface area contributed by atoms with Crippen LogP contribution < -0.4 is 0 Å². The molecule has 0 amide bonds. The Kier molecular flexibility index (Phi) is 8.59. The summed E-state index contributed by atoms with van der Waals surface area (Å²) in [5.41, 5.74) is 1.47. The van der Waals surface area contributed by atoms with Gasteiger partial charge in [-0.15, -0.1) is 0 Å². The third kappa shape index (κ3) is 6.87. The molecule has 0 heterocycles. The van der Waals surface area contributed by atoms with Gasteiger partial charge in [0.25, 0.3) is 0 Å². The topological polar surface area (TPSA) is 23.5 Å². The molecule has 0 fully saturated rings. The molecule has 1 N–H and O–H groups in total. The molecule has 0 unspecified atom stereocenters. The van der Waals surface area contributed by atoms with Crippen LogP contribution in [0.2, 0.25) is 0 Å². The molecular formula is C12H23NO. The van der Waals surface area contributed by atoms with Gasteiger partial charge in [-0.25, -0.2) is 0 Å². The summed E-state index contributed by atoms with van der Waals surface area (Å²) in [5.74, 6) is 0. The van der Waals surface area contributed by atoms with Crippen LogP contribution in [-0.2, 0) is 0 Å². The van der Waals surface area contributed by atoms with Crippen molar-refractivity contribution in [2.75, 3.05) is 26.7 Å². The molecule has 0 aromatic carbocycles. The fraction of sp³-hybridized carbons (Fsp3) is 0.667. The standard InChI is InChI=1S/C12H23NO/c1-4-6-7-12(5-2)8-9-13(3)10-11-14/h4,6-7,14H,5,8-11H2,1-3H3/b6-4-,12-7+. The summed E-state index contributed by atoms with van der Waals surface area (Å²) < 4.78 is 0. The van der Waals surface area contributed by atoms with E-state index in [9.17, 15) is 0 Å². The number of nitrogens with zero attached hydrogens (tertiary/aromatic N) is 1. The maximum atomic E-state index is 8.73. The first-order valence-electron chi connectivity index (χ1n) is 5.34. The predicted octanol–water partition coefficient (Wildman–Crippen LogP) is 2.21. The van der Waals surface area contributed by atoms with E-state index in [1.54, 1.807) is 0 Å². The van der Waals surface area contributed by atoms with Crippen molar-refractivity contribution in [3.63, 3.8) is 0 Å². The summed E-state index contributed by atoms with van der Waals surface area (Å²) in [4.78, 5) is 2.15. The molecule has 0 rings (SSSR count). The number of rotatable bonds is 7. The molecule has 82 valence electrons. The maximum absolute atomic E-state index is 8.73. The Balaban J connectivity index is 3.83. The van der Waals surface area contributed by atoms with Gasteiger partial charge in [0, 0.05) is 13.1 Å². The summed E-state index contributed by atoms with van der Waals surface area (Å²) in [7, 11) is 2.04. The van der Waals surface area contributed by atoms with Crippen LogP contribution >= 0.6 is 0 Å². The van der Waals surface area contributed by atoms with Crippen molar-refractivity contribution in [3.8, 4) is 0 Å². The summed E-state index contributed by atoms with van der Waals surface area (Å²) in [5, 5.41) is 8.73. The van der Waals surface area contributed by atoms with Crippen molar-refractivity contribution in [2.45, 2.75) is 26.7 Å². The Labute approximate surface area is 87.9 Å². The Hall–Kier alpha value is -0.600. The van der Waals surface area contributed by atoms with Crippen LogP contribution in [0.4, 0.5) is 0 Å². The van der Waals surface area contributed by atoms with Gasteiger partial charge in [-0.1, -0.05) is 30.7 Å². The van der Waals surface area contributed by atoms with Crippen LogP contribution in [0.1, 0.15) is 26.7 Å². The van der Waals surface area contributed by atoms with E-state index < -0.39 is 0 Å². The van der Waals surface area contributed by atoms with Crippen LogP contribution in [0.25, 0.3) is 0 Å². The Bertz CT molecular complexity index is 185. The van der Waals surface area contributed by atoms with Crippen LogP contribution in [0.5, 0.6) is 0 Å². The van der Waals surface area contributed by atoms with Gasteiger partial charge in [0.15, 0.2) is 0 Å². The Morgan fingerprint density at radius 1 is 1.36 bits per heavy atom. The van der Waals surface area contributed by atoms with Crippen LogP contribution in [0, 0.1) is 0 Å². The number of likely N-dealkylation sites (N-methyl/N-ethyl adjacent to an activating group) is 1. The van der Waals surface area contributed by atoms with Crippen LogP contribution in [0.15, 0.2) is 23.8 Å². The number of hydrogen-bond acceptors (Lipinski definition) is 2. The molecule has 0 saturated heterocycles. The molecule has 0 atom stereocenters. The van der Waals surface area contributed by atoms with Gasteiger partial charge in [-0.2, -0.15) is 0 Å². The molecule has 0 aliphatic carbocycles. The maximum Gasteiger partial charge on any atom is 0.0558 e. The molecule has 0 aliphatic heterocycles. The first-order valence-corrected chi connectivity index (χ1v) is 5.34. The molecule has 0 aliphatic rings. The van der Waals surface area contributed by atoms with Crippen molar-refractivity contribution >= 4 is 0 Å². The average molecular weight is 197 g/mol. The fourth-order valence-electron chi connectivity index (χ4n) is 1.23. The second-order valence-electron chi connectivity index (χ2n) is 3.48. The lowest BCUT2D eigenvalue weighted by atomic mass is 10.1. The van der Waals surface area contributed by atoms with Gasteiger partial charge in [0.1, 0.15) is 0 Å². The first-order chi connectivity index (χ1) is 6.74. The minimum absolute atomic E-state index is 0.247. The molecule has 0 radical (unpaired) electrons. The predicted molar refractivity (Wildman–Crippen MR) is 62.4 cm³/mol. The minimum atomic E-state index is 0.247. The van der Waals surface area contributed by atoms with E-state index in [-0.39, 0.29) is 6.61 Å². The SMILES string of the molecule is C/C=C\C=C(/CC)CCN(C)CCO. The van der Waals surface area contributed by atoms with Gasteiger partial charge in [-0.05, 0) is 26.8 Å². The highest BCUT2D eigenvalue weighted by atomic mass is 16.3. The van der Waals surface area contributed by atoms with E-state index in [0.29, 0.717) is 0 Å². The molecule has 0 saturated carbocycles. The van der Waals surface area contributed by atoms with Crippen LogP contribution in [0.3, 0.4) is 0 Å². The van der Waals surface area contributed by atoms with E-state index in [0.717, 1.165) is 25.9 Å². The van der Waals surface area contributed by atoms with Crippen molar-refractivity contribution in [1.29, 1.82) is 0 Å². The van der Waals surface area contributed by atoms with E-state index in [1.807, 2.05) is 20.0 Å². The molecule has 14 heavy (non-hydrogen) atoms. The number of allylic oxidation sites excluding steroid dienone is 3. The van der Waals surface area contributed by atoms with Gasteiger partial charge in [0.05, 0.1) is 6.61 Å². The Morgan fingerprint density at radius 2 is 2.07 bits per heavy atom.